The van der Waals surface area contributed by atoms with Gasteiger partial charge in [0.15, 0.2) is 0 Å². The van der Waals surface area contributed by atoms with E-state index in [-0.39, 0.29) is 5.41 Å². The Morgan fingerprint density at radius 1 is 1.24 bits per heavy atom. The summed E-state index contributed by atoms with van der Waals surface area (Å²) in [6, 6.07) is 6.83. The minimum Gasteiger partial charge on any atom is -0.331 e. The summed E-state index contributed by atoms with van der Waals surface area (Å²) in [5.74, 6) is 1.99. The SMILES string of the molecule is Cn1c(C(C)(C)C)nc2cc(CC3CCNCC3)ccc21. The van der Waals surface area contributed by atoms with E-state index in [1.54, 1.807) is 0 Å². The number of aromatic nitrogens is 2. The minimum absolute atomic E-state index is 0.0863. The molecule has 3 heteroatoms. The number of aryl methyl sites for hydroxylation is 1. The highest BCUT2D eigenvalue weighted by molar-refractivity contribution is 5.77. The van der Waals surface area contributed by atoms with Crippen LogP contribution in [-0.2, 0) is 18.9 Å². The Morgan fingerprint density at radius 2 is 1.95 bits per heavy atom. The van der Waals surface area contributed by atoms with Crippen molar-refractivity contribution in [2.75, 3.05) is 13.1 Å². The Balaban J connectivity index is 1.89. The topological polar surface area (TPSA) is 29.9 Å². The maximum absolute atomic E-state index is 4.89. The molecular weight excluding hydrogens is 258 g/mol. The fraction of sp³-hybridized carbons (Fsp3) is 0.611. The van der Waals surface area contributed by atoms with Gasteiger partial charge in [-0.25, -0.2) is 4.98 Å². The zero-order valence-electron chi connectivity index (χ0n) is 13.7. The third kappa shape index (κ3) is 2.98. The molecule has 3 rings (SSSR count). The van der Waals surface area contributed by atoms with Crippen LogP contribution in [0.1, 0.15) is 45.0 Å². The molecule has 2 aromatic rings. The summed E-state index contributed by atoms with van der Waals surface area (Å²) in [4.78, 5) is 4.89. The van der Waals surface area contributed by atoms with Crippen molar-refractivity contribution in [2.24, 2.45) is 13.0 Å². The van der Waals surface area contributed by atoms with Crippen molar-refractivity contribution in [2.45, 2.75) is 45.4 Å². The standard InChI is InChI=1S/C18H27N3/c1-18(2,3)17-20-15-12-14(5-6-16(15)21(17)4)11-13-7-9-19-10-8-13/h5-6,12-13,19H,7-11H2,1-4H3. The lowest BCUT2D eigenvalue weighted by molar-refractivity contribution is 0.373. The maximum Gasteiger partial charge on any atom is 0.115 e. The van der Waals surface area contributed by atoms with E-state index >= 15 is 0 Å². The second-order valence-corrected chi connectivity index (χ2v) is 7.46. The predicted molar refractivity (Wildman–Crippen MR) is 88.7 cm³/mol. The van der Waals surface area contributed by atoms with Crippen molar-refractivity contribution >= 4 is 11.0 Å². The van der Waals surface area contributed by atoms with Crippen molar-refractivity contribution in [1.29, 1.82) is 0 Å². The lowest BCUT2D eigenvalue weighted by atomic mass is 9.91. The number of imidazole rings is 1. The smallest absolute Gasteiger partial charge is 0.115 e. The molecule has 1 N–H and O–H groups in total. The molecule has 1 aromatic carbocycles. The summed E-state index contributed by atoms with van der Waals surface area (Å²) >= 11 is 0. The summed E-state index contributed by atoms with van der Waals surface area (Å²) in [5, 5.41) is 3.44. The molecule has 1 fully saturated rings. The van der Waals surface area contributed by atoms with Crippen LogP contribution in [0.4, 0.5) is 0 Å². The van der Waals surface area contributed by atoms with Crippen molar-refractivity contribution in [1.82, 2.24) is 14.9 Å². The van der Waals surface area contributed by atoms with Crippen LogP contribution in [0.5, 0.6) is 0 Å². The van der Waals surface area contributed by atoms with Crippen molar-refractivity contribution in [3.8, 4) is 0 Å². The quantitative estimate of drug-likeness (QED) is 0.916. The minimum atomic E-state index is 0.0863. The number of nitrogens with zero attached hydrogens (tertiary/aromatic N) is 2. The molecule has 0 amide bonds. The fourth-order valence-electron chi connectivity index (χ4n) is 3.46. The van der Waals surface area contributed by atoms with Crippen LogP contribution in [0.15, 0.2) is 18.2 Å². The van der Waals surface area contributed by atoms with Crippen LogP contribution in [0.2, 0.25) is 0 Å². The number of hydrogen-bond donors (Lipinski definition) is 1. The highest BCUT2D eigenvalue weighted by atomic mass is 15.1. The van der Waals surface area contributed by atoms with Gasteiger partial charge in [0.2, 0.25) is 0 Å². The van der Waals surface area contributed by atoms with Gasteiger partial charge in [-0.3, -0.25) is 0 Å². The van der Waals surface area contributed by atoms with Crippen LogP contribution in [0, 0.1) is 5.92 Å². The number of hydrogen-bond acceptors (Lipinski definition) is 2. The van der Waals surface area contributed by atoms with Gasteiger partial charge in [0.1, 0.15) is 5.82 Å². The van der Waals surface area contributed by atoms with Gasteiger partial charge in [-0.1, -0.05) is 26.8 Å². The Morgan fingerprint density at radius 3 is 2.62 bits per heavy atom. The van der Waals surface area contributed by atoms with E-state index < -0.39 is 0 Å². The van der Waals surface area contributed by atoms with Crippen LogP contribution in [0.3, 0.4) is 0 Å². The van der Waals surface area contributed by atoms with Gasteiger partial charge >= 0.3 is 0 Å². The molecule has 0 radical (unpaired) electrons. The average Bonchev–Trinajstić information content (AvgIpc) is 2.77. The monoisotopic (exact) mass is 285 g/mol. The average molecular weight is 285 g/mol. The lowest BCUT2D eigenvalue weighted by Crippen LogP contribution is -2.28. The van der Waals surface area contributed by atoms with Crippen molar-refractivity contribution in [3.05, 3.63) is 29.6 Å². The van der Waals surface area contributed by atoms with Gasteiger partial charge in [0, 0.05) is 12.5 Å². The number of piperidine rings is 1. The van der Waals surface area contributed by atoms with Gasteiger partial charge in [-0.15, -0.1) is 0 Å². The van der Waals surface area contributed by atoms with E-state index in [9.17, 15) is 0 Å². The molecule has 0 saturated carbocycles. The maximum atomic E-state index is 4.89. The molecule has 0 aliphatic carbocycles. The fourth-order valence-corrected chi connectivity index (χ4v) is 3.46. The summed E-state index contributed by atoms with van der Waals surface area (Å²) in [5.41, 5.74) is 3.92. The highest BCUT2D eigenvalue weighted by Crippen LogP contribution is 2.27. The first-order valence-corrected chi connectivity index (χ1v) is 8.12. The first-order valence-electron chi connectivity index (χ1n) is 8.12. The Kier molecular flexibility index (Phi) is 3.78. The van der Waals surface area contributed by atoms with Crippen LogP contribution in [0.25, 0.3) is 11.0 Å². The van der Waals surface area contributed by atoms with E-state index in [1.807, 2.05) is 0 Å². The van der Waals surface area contributed by atoms with Gasteiger partial charge in [0.05, 0.1) is 11.0 Å². The van der Waals surface area contributed by atoms with Gasteiger partial charge < -0.3 is 9.88 Å². The number of fused-ring (bicyclic) bond motifs is 1. The Bertz CT molecular complexity index is 628. The van der Waals surface area contributed by atoms with E-state index in [4.69, 9.17) is 4.98 Å². The second kappa shape index (κ2) is 5.45. The summed E-state index contributed by atoms with van der Waals surface area (Å²) < 4.78 is 2.24. The molecule has 3 nitrogen and oxygen atoms in total. The zero-order valence-corrected chi connectivity index (χ0v) is 13.7. The van der Waals surface area contributed by atoms with Crippen LogP contribution < -0.4 is 5.32 Å². The van der Waals surface area contributed by atoms with E-state index in [0.29, 0.717) is 0 Å². The molecule has 0 bridgehead atoms. The van der Waals surface area contributed by atoms with Crippen LogP contribution >= 0.6 is 0 Å². The summed E-state index contributed by atoms with van der Waals surface area (Å²) in [7, 11) is 2.13. The molecule has 0 spiro atoms. The Labute approximate surface area is 127 Å². The summed E-state index contributed by atoms with van der Waals surface area (Å²) in [6.45, 7) is 9.02. The number of nitrogens with one attached hydrogen (secondary N) is 1. The van der Waals surface area contributed by atoms with E-state index in [1.165, 1.54) is 43.4 Å². The molecule has 2 heterocycles. The first-order chi connectivity index (χ1) is 9.95. The normalized spacial score (nSPS) is 17.5. The Hall–Kier alpha value is -1.35. The first kappa shape index (κ1) is 14.6. The molecular formula is C18H27N3. The van der Waals surface area contributed by atoms with E-state index in [2.05, 4.69) is 55.9 Å². The lowest BCUT2D eigenvalue weighted by Gasteiger charge is -2.22. The predicted octanol–water partition coefficient (Wildman–Crippen LogP) is 3.41. The van der Waals surface area contributed by atoms with Gasteiger partial charge in [-0.05, 0) is 56.0 Å². The molecule has 0 atom stereocenters. The molecule has 1 aliphatic heterocycles. The zero-order chi connectivity index (χ0) is 15.0. The molecule has 0 unspecified atom stereocenters. The third-order valence-corrected chi connectivity index (χ3v) is 4.60. The second-order valence-electron chi connectivity index (χ2n) is 7.46. The molecule has 1 saturated heterocycles. The van der Waals surface area contributed by atoms with Crippen molar-refractivity contribution in [3.63, 3.8) is 0 Å². The summed E-state index contributed by atoms with van der Waals surface area (Å²) in [6.07, 6.45) is 3.79. The largest absolute Gasteiger partial charge is 0.331 e. The highest BCUT2D eigenvalue weighted by Gasteiger charge is 2.21. The van der Waals surface area contributed by atoms with Crippen molar-refractivity contribution < 1.29 is 0 Å². The number of rotatable bonds is 2. The van der Waals surface area contributed by atoms with Gasteiger partial charge in [-0.2, -0.15) is 0 Å². The molecule has 114 valence electrons. The molecule has 1 aromatic heterocycles. The molecule has 21 heavy (non-hydrogen) atoms. The van der Waals surface area contributed by atoms with Gasteiger partial charge in [0.25, 0.3) is 0 Å². The van der Waals surface area contributed by atoms with E-state index in [0.717, 1.165) is 17.3 Å². The van der Waals surface area contributed by atoms with Crippen LogP contribution in [-0.4, -0.2) is 22.6 Å². The number of benzene rings is 1. The third-order valence-electron chi connectivity index (χ3n) is 4.60. The molecule has 1 aliphatic rings.